The fraction of sp³-hybridized carbons (Fsp3) is 0.381. The molecule has 140 valence electrons. The number of benzene rings is 1. The van der Waals surface area contributed by atoms with Gasteiger partial charge in [0.25, 0.3) is 0 Å². The largest absolute Gasteiger partial charge is 0.485 e. The van der Waals surface area contributed by atoms with Crippen LogP contribution in [-0.4, -0.2) is 47.4 Å². The van der Waals surface area contributed by atoms with E-state index in [-0.39, 0.29) is 30.3 Å². The lowest BCUT2D eigenvalue weighted by molar-refractivity contribution is -0.144. The zero-order valence-electron chi connectivity index (χ0n) is 15.6. The minimum atomic E-state index is -0.279. The van der Waals surface area contributed by atoms with Crippen LogP contribution in [0.1, 0.15) is 17.5 Å². The van der Waals surface area contributed by atoms with E-state index < -0.39 is 0 Å². The lowest BCUT2D eigenvalue weighted by atomic mass is 10.0. The maximum absolute atomic E-state index is 12.7. The second kappa shape index (κ2) is 7.02. The second-order valence-electron chi connectivity index (χ2n) is 7.35. The maximum Gasteiger partial charge on any atom is 0.228 e. The van der Waals surface area contributed by atoms with Crippen LogP contribution in [0.3, 0.4) is 0 Å². The predicted molar refractivity (Wildman–Crippen MR) is 102 cm³/mol. The number of nitrogens with zero attached hydrogens (tertiary/aromatic N) is 3. The van der Waals surface area contributed by atoms with Gasteiger partial charge in [-0.25, -0.2) is 0 Å². The Bertz CT molecular complexity index is 862. The highest BCUT2D eigenvalue weighted by Crippen LogP contribution is 2.29. The Labute approximate surface area is 158 Å². The molecule has 0 saturated carbocycles. The number of hydrogen-bond donors (Lipinski definition) is 0. The fourth-order valence-electron chi connectivity index (χ4n) is 3.58. The lowest BCUT2D eigenvalue weighted by Crippen LogP contribution is -2.57. The molecule has 3 heterocycles. The van der Waals surface area contributed by atoms with Crippen LogP contribution in [-0.2, 0) is 9.59 Å². The van der Waals surface area contributed by atoms with E-state index in [0.29, 0.717) is 25.4 Å². The molecule has 1 unspecified atom stereocenters. The number of rotatable bonds is 4. The molecule has 2 amide bonds. The van der Waals surface area contributed by atoms with Gasteiger partial charge in [-0.1, -0.05) is 6.07 Å². The van der Waals surface area contributed by atoms with Crippen molar-refractivity contribution < 1.29 is 14.3 Å². The summed E-state index contributed by atoms with van der Waals surface area (Å²) in [6.45, 7) is 5.64. The highest BCUT2D eigenvalue weighted by molar-refractivity contribution is 6.00. The van der Waals surface area contributed by atoms with Crippen molar-refractivity contribution in [3.8, 4) is 5.75 Å². The van der Waals surface area contributed by atoms with Crippen LogP contribution in [0.2, 0.25) is 0 Å². The molecule has 4 rings (SSSR count). The molecule has 0 radical (unpaired) electrons. The number of aryl methyl sites for hydroxylation is 2. The van der Waals surface area contributed by atoms with Gasteiger partial charge in [-0.05, 0) is 49.2 Å². The average molecular weight is 365 g/mol. The third-order valence-corrected chi connectivity index (χ3v) is 5.37. The van der Waals surface area contributed by atoms with Gasteiger partial charge in [0.1, 0.15) is 11.9 Å². The SMILES string of the molecule is Cc1ccc(N2CC(C(=O)N3CC(Oc4cccnc4)C3)CC2=O)cc1C. The van der Waals surface area contributed by atoms with Crippen molar-refractivity contribution in [2.45, 2.75) is 26.4 Å². The molecule has 1 aromatic heterocycles. The van der Waals surface area contributed by atoms with Crippen LogP contribution in [0, 0.1) is 19.8 Å². The maximum atomic E-state index is 12.7. The number of pyridine rings is 1. The molecule has 0 aliphatic carbocycles. The smallest absolute Gasteiger partial charge is 0.228 e. The second-order valence-corrected chi connectivity index (χ2v) is 7.35. The molecule has 6 nitrogen and oxygen atoms in total. The summed E-state index contributed by atoms with van der Waals surface area (Å²) in [5.41, 5.74) is 3.21. The topological polar surface area (TPSA) is 62.7 Å². The molecule has 2 aliphatic heterocycles. The van der Waals surface area contributed by atoms with E-state index in [2.05, 4.69) is 4.98 Å². The summed E-state index contributed by atoms with van der Waals surface area (Å²) in [6.07, 6.45) is 3.63. The van der Waals surface area contributed by atoms with Gasteiger partial charge in [0.2, 0.25) is 11.8 Å². The number of carbonyl (C=O) groups is 2. The van der Waals surface area contributed by atoms with Crippen LogP contribution in [0.15, 0.2) is 42.7 Å². The van der Waals surface area contributed by atoms with Crippen LogP contribution < -0.4 is 9.64 Å². The first-order valence-electron chi connectivity index (χ1n) is 9.24. The van der Waals surface area contributed by atoms with Crippen LogP contribution >= 0.6 is 0 Å². The number of carbonyl (C=O) groups excluding carboxylic acids is 2. The Morgan fingerprint density at radius 1 is 1.15 bits per heavy atom. The first-order chi connectivity index (χ1) is 13.0. The van der Waals surface area contributed by atoms with Crippen LogP contribution in [0.4, 0.5) is 5.69 Å². The summed E-state index contributed by atoms with van der Waals surface area (Å²) < 4.78 is 5.80. The first kappa shape index (κ1) is 17.5. The van der Waals surface area contributed by atoms with Gasteiger partial charge in [-0.3, -0.25) is 14.6 Å². The van der Waals surface area contributed by atoms with E-state index in [1.165, 1.54) is 5.56 Å². The standard InChI is InChI=1S/C21H23N3O3/c1-14-5-6-17(8-15(14)2)24-11-16(9-20(24)25)21(26)23-12-19(13-23)27-18-4-3-7-22-10-18/h3-8,10,16,19H,9,11-13H2,1-2H3. The number of ether oxygens (including phenoxy) is 1. The molecule has 0 N–H and O–H groups in total. The van der Waals surface area contributed by atoms with E-state index >= 15 is 0 Å². The molecule has 2 saturated heterocycles. The molecule has 0 bridgehead atoms. The summed E-state index contributed by atoms with van der Waals surface area (Å²) in [5.74, 6) is 0.492. The Morgan fingerprint density at radius 3 is 2.67 bits per heavy atom. The average Bonchev–Trinajstić information content (AvgIpc) is 3.02. The minimum absolute atomic E-state index is 0.00824. The van der Waals surface area contributed by atoms with E-state index in [9.17, 15) is 9.59 Å². The highest BCUT2D eigenvalue weighted by atomic mass is 16.5. The zero-order valence-corrected chi connectivity index (χ0v) is 15.6. The molecular weight excluding hydrogens is 342 g/mol. The lowest BCUT2D eigenvalue weighted by Gasteiger charge is -2.40. The van der Waals surface area contributed by atoms with Crippen molar-refractivity contribution in [2.24, 2.45) is 5.92 Å². The van der Waals surface area contributed by atoms with Crippen LogP contribution in [0.5, 0.6) is 5.75 Å². The molecular formula is C21H23N3O3. The van der Waals surface area contributed by atoms with Gasteiger partial charge in [-0.15, -0.1) is 0 Å². The Kier molecular flexibility index (Phi) is 4.56. The number of likely N-dealkylation sites (tertiary alicyclic amines) is 1. The molecule has 2 aromatic rings. The first-order valence-corrected chi connectivity index (χ1v) is 9.24. The molecule has 6 heteroatoms. The fourth-order valence-corrected chi connectivity index (χ4v) is 3.58. The van der Waals surface area contributed by atoms with Gasteiger partial charge in [0.05, 0.1) is 25.2 Å². The number of hydrogen-bond acceptors (Lipinski definition) is 4. The van der Waals surface area contributed by atoms with Crippen molar-refractivity contribution in [1.82, 2.24) is 9.88 Å². The summed E-state index contributed by atoms with van der Waals surface area (Å²) in [6, 6.07) is 9.66. The van der Waals surface area contributed by atoms with Crippen molar-refractivity contribution in [3.05, 3.63) is 53.9 Å². The van der Waals surface area contributed by atoms with E-state index in [0.717, 1.165) is 11.3 Å². The van der Waals surface area contributed by atoms with Crippen molar-refractivity contribution in [3.63, 3.8) is 0 Å². The van der Waals surface area contributed by atoms with E-state index in [4.69, 9.17) is 4.74 Å². The van der Waals surface area contributed by atoms with Crippen molar-refractivity contribution >= 4 is 17.5 Å². The Balaban J connectivity index is 1.34. The number of aromatic nitrogens is 1. The highest BCUT2D eigenvalue weighted by Gasteiger charge is 2.41. The summed E-state index contributed by atoms with van der Waals surface area (Å²) in [4.78, 5) is 32.7. The summed E-state index contributed by atoms with van der Waals surface area (Å²) >= 11 is 0. The monoisotopic (exact) mass is 365 g/mol. The number of anilines is 1. The Hall–Kier alpha value is -2.89. The third kappa shape index (κ3) is 3.52. The normalized spacial score (nSPS) is 19.9. The third-order valence-electron chi connectivity index (χ3n) is 5.37. The van der Waals surface area contributed by atoms with Gasteiger partial charge in [0.15, 0.2) is 0 Å². The van der Waals surface area contributed by atoms with Gasteiger partial charge < -0.3 is 14.5 Å². The van der Waals surface area contributed by atoms with Gasteiger partial charge in [0, 0.05) is 24.8 Å². The molecule has 2 aliphatic rings. The molecule has 1 aromatic carbocycles. The Morgan fingerprint density at radius 2 is 1.96 bits per heavy atom. The van der Waals surface area contributed by atoms with Crippen molar-refractivity contribution in [1.29, 1.82) is 0 Å². The van der Waals surface area contributed by atoms with E-state index in [1.807, 2.05) is 44.2 Å². The molecule has 2 fully saturated rings. The van der Waals surface area contributed by atoms with E-state index in [1.54, 1.807) is 22.2 Å². The summed E-state index contributed by atoms with van der Waals surface area (Å²) in [7, 11) is 0. The predicted octanol–water partition coefficient (Wildman–Crippen LogP) is 2.34. The molecule has 1 atom stereocenters. The number of amides is 2. The molecule has 0 spiro atoms. The van der Waals surface area contributed by atoms with Crippen LogP contribution in [0.25, 0.3) is 0 Å². The minimum Gasteiger partial charge on any atom is -0.485 e. The molecule has 27 heavy (non-hydrogen) atoms. The zero-order chi connectivity index (χ0) is 19.0. The van der Waals surface area contributed by atoms with Gasteiger partial charge >= 0.3 is 0 Å². The van der Waals surface area contributed by atoms with Gasteiger partial charge in [-0.2, -0.15) is 0 Å². The summed E-state index contributed by atoms with van der Waals surface area (Å²) in [5, 5.41) is 0. The quantitative estimate of drug-likeness (QED) is 0.834. The van der Waals surface area contributed by atoms with Crippen molar-refractivity contribution in [2.75, 3.05) is 24.5 Å².